The van der Waals surface area contributed by atoms with Crippen molar-refractivity contribution in [1.29, 1.82) is 0 Å². The molecule has 9 heteroatoms. The highest BCUT2D eigenvalue weighted by atomic mass is 16.6. The fourth-order valence-electron chi connectivity index (χ4n) is 4.68. The van der Waals surface area contributed by atoms with Gasteiger partial charge in [-0.25, -0.2) is 9.97 Å². The van der Waals surface area contributed by atoms with Gasteiger partial charge >= 0.3 is 0 Å². The van der Waals surface area contributed by atoms with Gasteiger partial charge in [0.15, 0.2) is 23.0 Å². The fourth-order valence-corrected chi connectivity index (χ4v) is 4.68. The van der Waals surface area contributed by atoms with E-state index >= 15 is 0 Å². The average Bonchev–Trinajstić information content (AvgIpc) is 3.45. The Balaban J connectivity index is 1.29. The summed E-state index contributed by atoms with van der Waals surface area (Å²) < 4.78 is 15.4. The van der Waals surface area contributed by atoms with E-state index in [9.17, 15) is 0 Å². The summed E-state index contributed by atoms with van der Waals surface area (Å²) >= 11 is 0. The van der Waals surface area contributed by atoms with Gasteiger partial charge < -0.3 is 23.8 Å². The monoisotopic (exact) mass is 445 g/mol. The lowest BCUT2D eigenvalue weighted by molar-refractivity contribution is 0.171. The fraction of sp³-hybridized carbons (Fsp3) is 0.375. The summed E-state index contributed by atoms with van der Waals surface area (Å²) in [7, 11) is 1.98. The number of aromatic nitrogens is 5. The third-order valence-corrected chi connectivity index (χ3v) is 6.57. The summed E-state index contributed by atoms with van der Waals surface area (Å²) in [5, 5.41) is 4.90. The number of imidazole rings is 1. The molecular formula is C24H27N7O2. The topological polar surface area (TPSA) is 73.0 Å². The number of fused-ring (bicyclic) bond motifs is 2. The highest BCUT2D eigenvalue weighted by molar-refractivity contribution is 5.64. The van der Waals surface area contributed by atoms with Crippen molar-refractivity contribution in [3.05, 3.63) is 47.9 Å². The van der Waals surface area contributed by atoms with Crippen molar-refractivity contribution >= 4 is 17.2 Å². The van der Waals surface area contributed by atoms with Crippen LogP contribution in [-0.2, 0) is 7.05 Å². The summed E-state index contributed by atoms with van der Waals surface area (Å²) in [5.74, 6) is 3.61. The molecule has 9 nitrogen and oxygen atoms in total. The summed E-state index contributed by atoms with van der Waals surface area (Å²) in [4.78, 5) is 14.1. The number of anilines is 2. The SMILES string of the molecule is Cc1nc2cc(-c3nccn3C)nn2c(N2CCN(c3ccc4c(c3)OCCO4)CC2)c1C. The summed E-state index contributed by atoms with van der Waals surface area (Å²) in [6.07, 6.45) is 3.72. The van der Waals surface area contributed by atoms with Crippen LogP contribution in [0.3, 0.4) is 0 Å². The van der Waals surface area contributed by atoms with Gasteiger partial charge in [0.05, 0.1) is 0 Å². The quantitative estimate of drug-likeness (QED) is 0.480. The van der Waals surface area contributed by atoms with E-state index in [1.807, 2.05) is 34.5 Å². The van der Waals surface area contributed by atoms with Gasteiger partial charge in [0.2, 0.25) is 0 Å². The molecule has 0 spiro atoms. The Morgan fingerprint density at radius 1 is 0.909 bits per heavy atom. The Kier molecular flexibility index (Phi) is 4.63. The molecule has 0 amide bonds. The van der Waals surface area contributed by atoms with E-state index in [0.717, 1.165) is 71.9 Å². The van der Waals surface area contributed by atoms with Gasteiger partial charge in [-0.2, -0.15) is 9.61 Å². The first-order chi connectivity index (χ1) is 16.1. The van der Waals surface area contributed by atoms with Crippen LogP contribution in [0.15, 0.2) is 36.7 Å². The summed E-state index contributed by atoms with van der Waals surface area (Å²) in [6.45, 7) is 9.02. The van der Waals surface area contributed by atoms with E-state index in [1.165, 1.54) is 5.69 Å². The first kappa shape index (κ1) is 19.9. The van der Waals surface area contributed by atoms with Crippen molar-refractivity contribution in [2.24, 2.45) is 7.05 Å². The second-order valence-corrected chi connectivity index (χ2v) is 8.61. The van der Waals surface area contributed by atoms with Crippen molar-refractivity contribution < 1.29 is 9.47 Å². The number of nitrogens with zero attached hydrogens (tertiary/aromatic N) is 7. The van der Waals surface area contributed by atoms with Gasteiger partial charge in [-0.3, -0.25) is 0 Å². The van der Waals surface area contributed by atoms with Gasteiger partial charge in [-0.05, 0) is 26.0 Å². The van der Waals surface area contributed by atoms with E-state index in [1.54, 1.807) is 6.20 Å². The number of hydrogen-bond acceptors (Lipinski definition) is 7. The number of aryl methyl sites for hydroxylation is 2. The standard InChI is InChI=1S/C24H27N7O2/c1-16-17(2)26-22-15-19(23-25-6-7-28(23)3)27-31(22)24(16)30-10-8-29(9-11-30)18-4-5-20-21(14-18)33-13-12-32-20/h4-7,14-15H,8-13H2,1-3H3. The van der Waals surface area contributed by atoms with Gasteiger partial charge in [-0.15, -0.1) is 0 Å². The lowest BCUT2D eigenvalue weighted by Crippen LogP contribution is -2.47. The zero-order chi connectivity index (χ0) is 22.5. The molecule has 0 radical (unpaired) electrons. The number of ether oxygens (including phenoxy) is 2. The Hall–Kier alpha value is -3.75. The smallest absolute Gasteiger partial charge is 0.163 e. The van der Waals surface area contributed by atoms with Crippen LogP contribution >= 0.6 is 0 Å². The maximum absolute atomic E-state index is 5.78. The van der Waals surface area contributed by atoms with Crippen LogP contribution in [0.2, 0.25) is 0 Å². The Morgan fingerprint density at radius 3 is 2.42 bits per heavy atom. The minimum Gasteiger partial charge on any atom is -0.486 e. The van der Waals surface area contributed by atoms with Gasteiger partial charge in [0, 0.05) is 74.7 Å². The van der Waals surface area contributed by atoms with E-state index < -0.39 is 0 Å². The molecule has 6 rings (SSSR count). The van der Waals surface area contributed by atoms with Crippen LogP contribution in [0.5, 0.6) is 11.5 Å². The van der Waals surface area contributed by atoms with Crippen molar-refractivity contribution in [2.45, 2.75) is 13.8 Å². The molecule has 1 aromatic carbocycles. The van der Waals surface area contributed by atoms with Gasteiger partial charge in [0.25, 0.3) is 0 Å². The van der Waals surface area contributed by atoms with E-state index in [4.69, 9.17) is 19.6 Å². The van der Waals surface area contributed by atoms with Gasteiger partial charge in [0.1, 0.15) is 24.7 Å². The molecule has 0 bridgehead atoms. The highest BCUT2D eigenvalue weighted by Crippen LogP contribution is 2.35. The van der Waals surface area contributed by atoms with E-state index in [2.05, 4.69) is 40.8 Å². The van der Waals surface area contributed by atoms with Crippen molar-refractivity contribution in [1.82, 2.24) is 24.1 Å². The molecule has 4 aromatic rings. The Labute approximate surface area is 192 Å². The molecule has 0 aliphatic carbocycles. The Bertz CT molecular complexity index is 1330. The van der Waals surface area contributed by atoms with E-state index in [0.29, 0.717) is 13.2 Å². The van der Waals surface area contributed by atoms with Crippen LogP contribution in [0.1, 0.15) is 11.3 Å². The molecular weight excluding hydrogens is 418 g/mol. The normalized spacial score (nSPS) is 16.0. The molecule has 2 aliphatic heterocycles. The second-order valence-electron chi connectivity index (χ2n) is 8.61. The Morgan fingerprint density at radius 2 is 1.67 bits per heavy atom. The molecule has 0 atom stereocenters. The molecule has 1 fully saturated rings. The lowest BCUT2D eigenvalue weighted by atomic mass is 10.2. The number of benzene rings is 1. The largest absolute Gasteiger partial charge is 0.486 e. The molecule has 0 unspecified atom stereocenters. The van der Waals surface area contributed by atoms with Crippen molar-refractivity contribution in [3.63, 3.8) is 0 Å². The summed E-state index contributed by atoms with van der Waals surface area (Å²) in [6, 6.07) is 8.25. The first-order valence-electron chi connectivity index (χ1n) is 11.3. The molecule has 33 heavy (non-hydrogen) atoms. The van der Waals surface area contributed by atoms with Gasteiger partial charge in [-0.1, -0.05) is 0 Å². The van der Waals surface area contributed by atoms with E-state index in [-0.39, 0.29) is 0 Å². The third kappa shape index (κ3) is 3.35. The maximum atomic E-state index is 5.78. The highest BCUT2D eigenvalue weighted by Gasteiger charge is 2.24. The predicted molar refractivity (Wildman–Crippen MR) is 127 cm³/mol. The molecule has 0 saturated carbocycles. The molecule has 3 aromatic heterocycles. The number of rotatable bonds is 3. The van der Waals surface area contributed by atoms with Crippen LogP contribution in [0.25, 0.3) is 17.2 Å². The molecule has 2 aliphatic rings. The average molecular weight is 446 g/mol. The van der Waals surface area contributed by atoms with Crippen LogP contribution in [0, 0.1) is 13.8 Å². The molecule has 0 N–H and O–H groups in total. The summed E-state index contributed by atoms with van der Waals surface area (Å²) in [5.41, 5.74) is 5.03. The zero-order valence-corrected chi connectivity index (χ0v) is 19.2. The maximum Gasteiger partial charge on any atom is 0.163 e. The number of piperazine rings is 1. The number of hydrogen-bond donors (Lipinski definition) is 0. The molecule has 5 heterocycles. The van der Waals surface area contributed by atoms with Crippen molar-refractivity contribution in [2.75, 3.05) is 49.2 Å². The minimum absolute atomic E-state index is 0.602. The van der Waals surface area contributed by atoms with Crippen LogP contribution in [0.4, 0.5) is 11.5 Å². The third-order valence-electron chi connectivity index (χ3n) is 6.57. The lowest BCUT2D eigenvalue weighted by Gasteiger charge is -2.38. The van der Waals surface area contributed by atoms with Crippen LogP contribution < -0.4 is 19.3 Å². The minimum atomic E-state index is 0.602. The molecule has 170 valence electrons. The zero-order valence-electron chi connectivity index (χ0n) is 19.2. The second kappa shape index (κ2) is 7.68. The van der Waals surface area contributed by atoms with Crippen molar-refractivity contribution in [3.8, 4) is 23.0 Å². The molecule has 1 saturated heterocycles. The first-order valence-corrected chi connectivity index (χ1v) is 11.3. The van der Waals surface area contributed by atoms with Crippen LogP contribution in [-0.4, -0.2) is 63.5 Å². The predicted octanol–water partition coefficient (Wildman–Crippen LogP) is 2.84.